The van der Waals surface area contributed by atoms with Crippen LogP contribution in [-0.2, 0) is 0 Å². The number of hydrogen-bond acceptors (Lipinski definition) is 10. The van der Waals surface area contributed by atoms with E-state index in [4.69, 9.17) is 0 Å². The predicted molar refractivity (Wildman–Crippen MR) is 345 cm³/mol. The van der Waals surface area contributed by atoms with Crippen molar-refractivity contribution in [2.75, 3.05) is 34.5 Å². The first kappa shape index (κ1) is 69.9. The molecule has 0 heterocycles. The molecule has 0 amide bonds. The van der Waals surface area contributed by atoms with Crippen LogP contribution < -0.4 is 0 Å². The topological polar surface area (TPSA) is 0 Å². The molecule has 0 N–H and O–H groups in total. The van der Waals surface area contributed by atoms with Crippen molar-refractivity contribution in [3.05, 3.63) is 0 Å². The quantitative estimate of drug-likeness (QED) is 0.0327. The van der Waals surface area contributed by atoms with Crippen LogP contribution >= 0.6 is 109 Å². The maximum absolute atomic E-state index is 2.57. The highest BCUT2D eigenvalue weighted by Gasteiger charge is 2.45. The molecule has 0 aliphatic heterocycles. The summed E-state index contributed by atoms with van der Waals surface area (Å²) in [6, 6.07) is 0. The van der Waals surface area contributed by atoms with E-state index in [1.165, 1.54) is 279 Å². The van der Waals surface area contributed by atoms with Gasteiger partial charge in [-0.15, -0.1) is 0 Å². The van der Waals surface area contributed by atoms with Crippen molar-refractivity contribution in [2.45, 2.75) is 309 Å². The molecule has 0 saturated heterocycles. The number of hydrogen-bond donors (Lipinski definition) is 0. The number of rotatable bonds is 57. The Labute approximate surface area is 458 Å². The summed E-state index contributed by atoms with van der Waals surface area (Å²) in [6.07, 6.45) is 54.0. The highest BCUT2D eigenvalue weighted by molar-refractivity contribution is 9.26. The van der Waals surface area contributed by atoms with Gasteiger partial charge in [-0.3, -0.25) is 0 Å². The third-order valence-corrected chi connectivity index (χ3v) is 62.5. The maximum Gasteiger partial charge on any atom is 0.251 e. The standard InChI is InChI=1S/C54H114S10Si2/c1-9-17-23-29-35-41-47-55-65(56-48-42-36-30-24-18-10-2,57-49-43-37-31-25-19-11-3)53(15-7)61-63-64-62-54(16-8)66(58-50-44-38-32-26-20-12-4,59-51-45-39-33-27-21-13-5)60-52-46-40-34-28-22-14-6/h53-54H,9-52H2,1-8H3. The van der Waals surface area contributed by atoms with E-state index in [1.54, 1.807) is 0 Å². The Kier molecular flexibility index (Phi) is 58.5. The van der Waals surface area contributed by atoms with Crippen molar-refractivity contribution in [3.63, 3.8) is 0 Å². The zero-order valence-electron chi connectivity index (χ0n) is 45.3. The summed E-state index contributed by atoms with van der Waals surface area (Å²) in [5, 5.41) is 0. The molecule has 398 valence electrons. The second kappa shape index (κ2) is 55.2. The van der Waals surface area contributed by atoms with Crippen LogP contribution in [0.2, 0.25) is 0 Å². The highest BCUT2D eigenvalue weighted by atomic mass is 33.7. The van der Waals surface area contributed by atoms with Gasteiger partial charge in [0, 0.05) is 9.75 Å². The van der Waals surface area contributed by atoms with Crippen LogP contribution in [0.4, 0.5) is 0 Å². The van der Waals surface area contributed by atoms with Crippen LogP contribution in [0.25, 0.3) is 0 Å². The van der Waals surface area contributed by atoms with Crippen molar-refractivity contribution in [3.8, 4) is 0 Å². The summed E-state index contributed by atoms with van der Waals surface area (Å²) < 4.78 is 0. The summed E-state index contributed by atoms with van der Waals surface area (Å²) in [5.41, 5.74) is -3.42. The smallest absolute Gasteiger partial charge is 0.161 e. The largest absolute Gasteiger partial charge is 0.251 e. The van der Waals surface area contributed by atoms with Crippen LogP contribution in [0.5, 0.6) is 0 Å². The molecule has 0 aliphatic carbocycles. The van der Waals surface area contributed by atoms with Crippen LogP contribution in [0.15, 0.2) is 0 Å². The van der Waals surface area contributed by atoms with Gasteiger partial charge < -0.3 is 0 Å². The van der Waals surface area contributed by atoms with Gasteiger partial charge in [-0.05, 0) is 106 Å². The van der Waals surface area contributed by atoms with Gasteiger partial charge in [-0.2, -0.15) is 67.3 Å². The molecule has 66 heavy (non-hydrogen) atoms. The van der Waals surface area contributed by atoms with Crippen LogP contribution in [0.3, 0.4) is 0 Å². The van der Waals surface area contributed by atoms with E-state index in [2.05, 4.69) is 164 Å². The minimum Gasteiger partial charge on any atom is -0.161 e. The highest BCUT2D eigenvalue weighted by Crippen LogP contribution is 2.59. The van der Waals surface area contributed by atoms with Gasteiger partial charge >= 0.3 is 0 Å². The molecule has 0 bridgehead atoms. The van der Waals surface area contributed by atoms with Gasteiger partial charge in [0.1, 0.15) is 0 Å². The average molecular weight is 1140 g/mol. The lowest BCUT2D eigenvalue weighted by Crippen LogP contribution is -2.38. The molecular weight excluding hydrogens is 1030 g/mol. The Balaban J connectivity index is 6.28. The molecule has 0 aromatic rings. The minimum absolute atomic E-state index is 0.809. The first-order chi connectivity index (χ1) is 32.5. The molecule has 0 fully saturated rings. The molecule has 0 nitrogen and oxygen atoms in total. The van der Waals surface area contributed by atoms with Crippen molar-refractivity contribution >= 4 is 120 Å². The van der Waals surface area contributed by atoms with E-state index < -0.39 is 11.0 Å². The van der Waals surface area contributed by atoms with E-state index >= 15 is 0 Å². The van der Waals surface area contributed by atoms with Gasteiger partial charge in [-0.1, -0.05) is 270 Å². The Morgan fingerprint density at radius 1 is 0.227 bits per heavy atom. The molecule has 12 heteroatoms. The maximum atomic E-state index is 2.57. The lowest BCUT2D eigenvalue weighted by Gasteiger charge is -2.37. The van der Waals surface area contributed by atoms with Gasteiger partial charge in [0.05, 0.1) is 0 Å². The van der Waals surface area contributed by atoms with Gasteiger partial charge in [-0.25, -0.2) is 0 Å². The average Bonchev–Trinajstić information content (AvgIpc) is 3.33. The van der Waals surface area contributed by atoms with Gasteiger partial charge in [0.25, 0.3) is 11.0 Å². The van der Waals surface area contributed by atoms with E-state index in [9.17, 15) is 0 Å². The third-order valence-electron chi connectivity index (χ3n) is 12.7. The van der Waals surface area contributed by atoms with E-state index in [0.29, 0.717) is 0 Å². The van der Waals surface area contributed by atoms with Gasteiger partial charge in [0.15, 0.2) is 0 Å². The first-order valence-electron chi connectivity index (χ1n) is 29.0. The molecule has 0 rings (SSSR count). The molecule has 0 aromatic carbocycles. The lowest BCUT2D eigenvalue weighted by atomic mass is 10.1. The van der Waals surface area contributed by atoms with Crippen LogP contribution in [-0.4, -0.2) is 55.3 Å². The Hall–Kier alpha value is 3.93. The second-order valence-electron chi connectivity index (χ2n) is 19.0. The normalized spacial score (nSPS) is 13.3. The fourth-order valence-electron chi connectivity index (χ4n) is 8.27. The summed E-state index contributed by atoms with van der Waals surface area (Å²) in [5.74, 6) is 8.43. The molecule has 0 aliphatic rings. The molecule has 2 atom stereocenters. The zero-order valence-corrected chi connectivity index (χ0v) is 55.5. The molecule has 2 unspecified atom stereocenters. The Bertz CT molecular complexity index is 774. The Morgan fingerprint density at radius 3 is 0.561 bits per heavy atom. The summed E-state index contributed by atoms with van der Waals surface area (Å²) in [7, 11) is 9.19. The van der Waals surface area contributed by atoms with Crippen LogP contribution in [0.1, 0.15) is 299 Å². The van der Waals surface area contributed by atoms with E-state index in [1.807, 2.05) is 0 Å². The SMILES string of the molecule is CCCCCCCCS[Si](SCCCCCCCC)(SCCCCCCCC)C(CC)SSSSC(CC)[Si](SCCCCCCCC)(SCCCCCCCC)SCCCCCCCC. The first-order valence-corrected chi connectivity index (χ1v) is 48.3. The van der Waals surface area contributed by atoms with Crippen molar-refractivity contribution in [1.29, 1.82) is 0 Å². The van der Waals surface area contributed by atoms with Gasteiger partial charge in [0.2, 0.25) is 0 Å². The molecule has 0 aromatic heterocycles. The fraction of sp³-hybridized carbons (Fsp3) is 1.00. The summed E-state index contributed by atoms with van der Waals surface area (Å²) in [6.45, 7) is 19.3. The summed E-state index contributed by atoms with van der Waals surface area (Å²) in [4.78, 5) is 1.62. The fourth-order valence-corrected chi connectivity index (χ4v) is 65.1. The lowest BCUT2D eigenvalue weighted by molar-refractivity contribution is 0.627. The third kappa shape index (κ3) is 40.3. The molecule has 0 radical (unpaired) electrons. The molecule has 0 spiro atoms. The Morgan fingerprint density at radius 2 is 0.394 bits per heavy atom. The van der Waals surface area contributed by atoms with E-state index in [0.717, 1.165) is 9.75 Å². The second-order valence-corrected chi connectivity index (χ2v) is 55.5. The predicted octanol–water partition coefficient (Wildman–Crippen LogP) is 24.7. The zero-order chi connectivity index (χ0) is 48.3. The molecular formula is C54H114S10Si2. The monoisotopic (exact) mass is 1140 g/mol. The van der Waals surface area contributed by atoms with Crippen molar-refractivity contribution < 1.29 is 0 Å². The van der Waals surface area contributed by atoms with E-state index in [-0.39, 0.29) is 0 Å². The minimum atomic E-state index is -1.71. The molecule has 0 saturated carbocycles. The van der Waals surface area contributed by atoms with Crippen LogP contribution in [0, 0.1) is 0 Å². The number of unbranched alkanes of at least 4 members (excludes halogenated alkanes) is 30. The van der Waals surface area contributed by atoms with Crippen molar-refractivity contribution in [1.82, 2.24) is 0 Å². The summed E-state index contributed by atoms with van der Waals surface area (Å²) >= 11 is 15.3. The van der Waals surface area contributed by atoms with Crippen molar-refractivity contribution in [2.24, 2.45) is 0 Å².